The van der Waals surface area contributed by atoms with E-state index in [0.29, 0.717) is 70.8 Å². The summed E-state index contributed by atoms with van der Waals surface area (Å²) in [7, 11) is 103. The van der Waals surface area contributed by atoms with Crippen LogP contribution in [0.3, 0.4) is 0 Å². The van der Waals surface area contributed by atoms with E-state index in [0.717, 1.165) is 12.1 Å². The van der Waals surface area contributed by atoms with Crippen molar-refractivity contribution >= 4 is 553 Å². The van der Waals surface area contributed by atoms with E-state index in [1.807, 2.05) is 27.7 Å². The Morgan fingerprint density at radius 3 is 0.783 bits per heavy atom. The molecule has 0 fully saturated rings. The Kier molecular flexibility index (Phi) is 98.0. The van der Waals surface area contributed by atoms with E-state index in [-0.39, 0.29) is 273 Å². The van der Waals surface area contributed by atoms with Crippen molar-refractivity contribution in [1.29, 1.82) is 1.28 Å². The zero-order chi connectivity index (χ0) is 111. The number of hydrazone groups is 4. The summed E-state index contributed by atoms with van der Waals surface area (Å²) in [6.07, 6.45) is 1.36. The van der Waals surface area contributed by atoms with Gasteiger partial charge in [0, 0.05) is 106 Å². The minimum Gasteiger partial charge on any atom is -0.397 e. The lowest BCUT2D eigenvalue weighted by atomic mass is 9.94. The highest BCUT2D eigenvalue weighted by atomic mass is 33.5. The number of amides is 5. The lowest BCUT2D eigenvalue weighted by Crippen LogP contribution is -2.32. The number of carbonyl (C=O) groups is 7. The van der Waals surface area contributed by atoms with Gasteiger partial charge in [0.15, 0.2) is 11.6 Å². The van der Waals surface area contributed by atoms with Gasteiger partial charge in [-0.2, -0.15) is 20.4 Å². The van der Waals surface area contributed by atoms with Crippen LogP contribution in [0.4, 0.5) is 39.0 Å². The summed E-state index contributed by atoms with van der Waals surface area (Å²) in [5, 5.41) is 33.3. The van der Waals surface area contributed by atoms with Crippen LogP contribution < -0.4 is 55.7 Å². The van der Waals surface area contributed by atoms with E-state index < -0.39 is 62.9 Å². The molecule has 0 bridgehead atoms. The fourth-order valence-electron chi connectivity index (χ4n) is 10.7. The van der Waals surface area contributed by atoms with Crippen LogP contribution in [-0.2, 0) is 38.3 Å². The fraction of sp³-hybridized carbons (Fsp3) is 0.364. The van der Waals surface area contributed by atoms with Crippen LogP contribution in [0.15, 0.2) is 93.2 Å². The molecule has 0 aromatic heterocycles. The van der Waals surface area contributed by atoms with Crippen molar-refractivity contribution in [2.75, 3.05) is 29.7 Å². The first-order valence-corrected chi connectivity index (χ1v) is 145. The van der Waals surface area contributed by atoms with Crippen molar-refractivity contribution in [2.24, 2.45) is 61.6 Å². The minimum atomic E-state index is -0.988. The zero-order valence-electron chi connectivity index (χ0n) is 78.4. The van der Waals surface area contributed by atoms with Crippen LogP contribution >= 0.6 is 471 Å². The third kappa shape index (κ3) is 59.9. The van der Waals surface area contributed by atoms with Crippen molar-refractivity contribution < 1.29 is 70.5 Å². The number of nitrogens with one attached hydrogen (secondary N) is 6. The number of ether oxygens (including phenoxy) is 1. The van der Waals surface area contributed by atoms with Gasteiger partial charge < -0.3 is 31.4 Å². The maximum absolute atomic E-state index is 13.8. The summed E-state index contributed by atoms with van der Waals surface area (Å²) in [6, 6.07) is 17.2. The number of nitrogen functional groups attached to an aromatic ring is 2. The molecule has 37 atom stereocenters. The highest BCUT2D eigenvalue weighted by Gasteiger charge is 2.56. The number of halogens is 5. The van der Waals surface area contributed by atoms with Crippen LogP contribution in [0, 0.1) is 52.8 Å². The zero-order valence-corrected chi connectivity index (χ0v) is 138. The second kappa shape index (κ2) is 87.9. The molecule has 143 heavy (non-hydrogen) atoms. The van der Waals surface area contributed by atoms with Gasteiger partial charge in [-0.3, -0.25) is 51.1 Å². The number of hydrogen-bond donors (Lipinski definition) is 12. The number of aliphatic hydroxyl groups is 2. The van der Waals surface area contributed by atoms with Gasteiger partial charge in [0.2, 0.25) is 29.5 Å². The SMILES string of the molecule is C.CC(=O)Nc1ccc(C2=NNC(=O)C[C@H]2C)cc1F.CC(=O)OC(C)=O.CCO.CCO.C[C@@H]1CC(=O)NN=C1c1ccc(F)c(F)c1.C[C@@H]1CC(=O)NN=C1c1ccc(N)c(F)c1.C[C@@H]1CC(=O)NN=C1c1ccc(NN)c(F)c1.NN.[3H]P(P(P(P(P)P)P(P(P)P)P(P)P)P(P(P(P)P)P(P)P)P(P(P)P)P(P)P)P(P(P(P(P)P)P(P)P)P(P(P)P)P(P)P)P(P(P(P)P)P(P)P)P(P(P)P)P(P)P. The Labute approximate surface area is 947 Å². The molecule has 88 heteroatoms. The third-order valence-corrected chi connectivity index (χ3v) is 417. The molecule has 24 nitrogen and oxygen atoms in total. The molecule has 33 unspecified atom stereocenters. The van der Waals surface area contributed by atoms with Crippen molar-refractivity contribution in [2.45, 2.75) is 95.4 Å². The maximum atomic E-state index is 13.8. The van der Waals surface area contributed by atoms with Crippen molar-refractivity contribution in [3.63, 3.8) is 0 Å². The molecule has 0 aliphatic carbocycles. The van der Waals surface area contributed by atoms with Gasteiger partial charge in [0.1, 0.15) is 17.5 Å². The van der Waals surface area contributed by atoms with E-state index in [9.17, 15) is 56.8 Å². The second-order valence-corrected chi connectivity index (χ2v) is 268. The summed E-state index contributed by atoms with van der Waals surface area (Å²) in [5.74, 6) is 7.67. The number of nitrogens with two attached hydrogens (primary N) is 4. The smallest absolute Gasteiger partial charge is 0.310 e. The highest BCUT2D eigenvalue weighted by molar-refractivity contribution is 9.50. The number of rotatable bonds is 34. The molecule has 0 saturated heterocycles. The molecule has 5 amide bonds. The van der Waals surface area contributed by atoms with Gasteiger partial charge in [0.05, 0.1) is 41.2 Å². The highest BCUT2D eigenvalue weighted by Crippen LogP contribution is 3.44. The molecule has 16 N–H and O–H groups in total. The number of aliphatic hydroxyl groups excluding tert-OH is 2. The quantitative estimate of drug-likeness (QED) is 0.00393. The molecule has 4 aromatic carbocycles. The van der Waals surface area contributed by atoms with E-state index in [1.165, 1.54) is 63.2 Å². The van der Waals surface area contributed by atoms with Crippen LogP contribution in [0.5, 0.6) is 0 Å². The second-order valence-electron chi connectivity index (χ2n) is 27.1. The van der Waals surface area contributed by atoms with Crippen molar-refractivity contribution in [1.82, 2.24) is 21.7 Å². The summed E-state index contributed by atoms with van der Waals surface area (Å²) in [5.41, 5.74) is 22.5. The maximum Gasteiger partial charge on any atom is 0.310 e. The molecule has 0 spiro atoms. The number of benzene rings is 4. The number of esters is 2. The van der Waals surface area contributed by atoms with Crippen molar-refractivity contribution in [3.05, 3.63) is 124 Å². The predicted molar refractivity (Wildman–Crippen MR) is 802 cm³/mol. The van der Waals surface area contributed by atoms with E-state index in [1.54, 1.807) is 32.0 Å². The molecule has 0 saturated carbocycles. The van der Waals surface area contributed by atoms with E-state index >= 15 is 0 Å². The average Bonchev–Trinajstić information content (AvgIpc) is 0.732. The Hall–Kier alpha value is 16.5. The molecular weight excluding hydrogens is 2940 g/mol. The Bertz CT molecular complexity index is 4500. The van der Waals surface area contributed by atoms with Gasteiger partial charge >= 0.3 is 11.9 Å². The van der Waals surface area contributed by atoms with Crippen LogP contribution in [0.1, 0.15) is 118 Å². The fourth-order valence-corrected chi connectivity index (χ4v) is 830. The Morgan fingerprint density at radius 1 is 0.378 bits per heavy atom. The first kappa shape index (κ1) is 159. The number of hydrazine groups is 2. The summed E-state index contributed by atoms with van der Waals surface area (Å²) in [6.45, 7) is 6.04. The minimum absolute atomic E-state index is 0. The van der Waals surface area contributed by atoms with Gasteiger partial charge in [-0.1, -0.05) is 53.3 Å². The van der Waals surface area contributed by atoms with Crippen LogP contribution in [-0.4, -0.2) is 89.0 Å². The molecule has 8 rings (SSSR count). The normalized spacial score (nSPS) is 16.7. The molecule has 816 valence electrons. The van der Waals surface area contributed by atoms with E-state index in [2.05, 4.69) is 337 Å². The number of nitrogens with zero attached hydrogens (tertiary/aromatic N) is 4. The summed E-state index contributed by atoms with van der Waals surface area (Å²) < 4.78 is 82.6. The first-order chi connectivity index (χ1) is 66.4. The van der Waals surface area contributed by atoms with Crippen molar-refractivity contribution in [3.8, 4) is 0 Å². The topological polar surface area (TPSA) is 395 Å². The summed E-state index contributed by atoms with van der Waals surface area (Å²) in [4.78, 5) is 74.8. The lowest BCUT2D eigenvalue weighted by Gasteiger charge is -2.56. The molecule has 4 aliphatic rings. The standard InChI is InChI=1S/C13H14FN3O2.C11H10F2N2O.C11H13FN4O.C11H12FN3O.C4H6O3.2C2H6O.CH4.H4N2.H61P59/c1-7-5-12(19)16-17-13(7)9-3-4-11(10(14)6-9)15-8(2)18;1-6-4-10(16)14-15-11(6)7-2-3-8(12)9(13)5-7;1-6-4-10(17)15-16-11(6)7-2-3-9(14-13)8(12)5-7;1-6-4-10(16)14-15-11(6)7-2-3-9(13)8(12)5-7;1-3(5)7-4(2)6;2*1-2-3;;1-2;1-32(2)49(33(3)4)56(46(29)30)47(57(50(34(5)6)35(7)8)51(36(9)10)37(11)12)31-48(58(52(38(13)14)39(15)16)53(40(17)18)41(19)20)59(54(42(21)22)43(23)24)55(44(25)26)45(27)28/h3-4,6-7H,5H2,1-2H3,(H,15,18)(H,16,19);2-3,5-6H,4H2,1H3,(H,14,16);2-3,5-6,14H,4,13H2,1H3,(H,15,17);2-3,5-6H,4,13H2,1H3,(H,14,16);1-2H3;2*3H,2H2,1H3;1H4;1-2H2;31H,1-30H2/t7-;3*6-;;;;;;/m1111....../s1/i;;;;;;;;;31T. The average molecular weight is 3080 g/mol. The van der Waals surface area contributed by atoms with Crippen LogP contribution in [0.2, 0.25) is 0 Å². The molecule has 4 heterocycles. The summed E-state index contributed by atoms with van der Waals surface area (Å²) >= 11 is 0. The van der Waals surface area contributed by atoms with Gasteiger partial charge in [-0.05, 0) is 272 Å². The number of anilines is 3. The lowest BCUT2D eigenvalue weighted by molar-refractivity contribution is -0.156. The Morgan fingerprint density at radius 2 is 0.587 bits per heavy atom. The van der Waals surface area contributed by atoms with E-state index in [4.69, 9.17) is 21.8 Å². The molecule has 4 aliphatic heterocycles. The largest absolute Gasteiger partial charge is 0.397 e. The van der Waals surface area contributed by atoms with Crippen LogP contribution in [0.25, 0.3) is 0 Å². The Balaban J connectivity index is 0. The first-order valence-electron chi connectivity index (χ1n) is 39.0. The molecule has 0 radical (unpaired) electrons. The van der Waals surface area contributed by atoms with Gasteiger partial charge in [-0.25, -0.2) is 43.7 Å². The molecular formula is C55H136F5N14O10P59. The number of hydrogen-bond acceptors (Lipinski definition) is 19. The molecule has 4 aromatic rings. The predicted octanol–water partition coefficient (Wildman–Crippen LogP) is 39.7. The monoisotopic (exact) mass is 3080 g/mol. The van der Waals surface area contributed by atoms with Gasteiger partial charge in [-0.15, -0.1) is 268 Å². The van der Waals surface area contributed by atoms with Gasteiger partial charge in [0.25, 0.3) is 0 Å². The third-order valence-electron chi connectivity index (χ3n) is 15.9. The number of carbonyl (C=O) groups excluding carboxylic acids is 7.